The average molecular weight is 438 g/mol. The monoisotopic (exact) mass is 437 g/mol. The first-order valence-corrected chi connectivity index (χ1v) is 11.0. The summed E-state index contributed by atoms with van der Waals surface area (Å²) in [6.45, 7) is 2.08. The van der Waals surface area contributed by atoms with Crippen molar-refractivity contribution >= 4 is 33.7 Å². The summed E-state index contributed by atoms with van der Waals surface area (Å²) in [5, 5.41) is 1.01. The van der Waals surface area contributed by atoms with Gasteiger partial charge in [0.15, 0.2) is 0 Å². The van der Waals surface area contributed by atoms with Crippen molar-refractivity contribution in [2.45, 2.75) is 32.4 Å². The fourth-order valence-electron chi connectivity index (χ4n) is 3.37. The van der Waals surface area contributed by atoms with Crippen LogP contribution in [0.15, 0.2) is 66.7 Å². The van der Waals surface area contributed by atoms with Gasteiger partial charge in [-0.1, -0.05) is 66.7 Å². The van der Waals surface area contributed by atoms with Gasteiger partial charge in [-0.25, -0.2) is 4.98 Å². The van der Waals surface area contributed by atoms with Crippen LogP contribution in [0.25, 0.3) is 32.9 Å². The summed E-state index contributed by atoms with van der Waals surface area (Å²) < 4.78 is 38.0. The van der Waals surface area contributed by atoms with Crippen molar-refractivity contribution in [1.29, 1.82) is 0 Å². The van der Waals surface area contributed by atoms with Gasteiger partial charge in [0.1, 0.15) is 5.01 Å². The summed E-state index contributed by atoms with van der Waals surface area (Å²) in [5.74, 6) is 0. The predicted molar refractivity (Wildman–Crippen MR) is 124 cm³/mol. The molecule has 0 saturated carbocycles. The molecule has 158 valence electrons. The van der Waals surface area contributed by atoms with Gasteiger partial charge in [-0.3, -0.25) is 0 Å². The molecule has 0 aliphatic rings. The van der Waals surface area contributed by atoms with E-state index in [-0.39, 0.29) is 6.42 Å². The molecule has 0 saturated heterocycles. The zero-order valence-electron chi connectivity index (χ0n) is 17.1. The number of hydrogen-bond acceptors (Lipinski definition) is 2. The SMILES string of the molecule is Cc1ccc2nc(-c3ccc(/C=C/c4ccc(CCCC(F)(F)F)cc4)cc3)sc2c1. The van der Waals surface area contributed by atoms with Crippen molar-refractivity contribution in [2.24, 2.45) is 0 Å². The van der Waals surface area contributed by atoms with Crippen LogP contribution in [0.5, 0.6) is 0 Å². The lowest BCUT2D eigenvalue weighted by Crippen LogP contribution is -2.07. The summed E-state index contributed by atoms with van der Waals surface area (Å²) >= 11 is 1.70. The van der Waals surface area contributed by atoms with Gasteiger partial charge in [0.2, 0.25) is 0 Å². The molecular formula is C26H22F3NS. The van der Waals surface area contributed by atoms with Gasteiger partial charge < -0.3 is 0 Å². The van der Waals surface area contributed by atoms with Crippen molar-refractivity contribution in [3.63, 3.8) is 0 Å². The van der Waals surface area contributed by atoms with Gasteiger partial charge in [-0.2, -0.15) is 13.2 Å². The third-order valence-electron chi connectivity index (χ3n) is 5.08. The topological polar surface area (TPSA) is 12.9 Å². The highest BCUT2D eigenvalue weighted by Gasteiger charge is 2.25. The maximum atomic E-state index is 12.3. The molecule has 0 bridgehead atoms. The minimum Gasteiger partial charge on any atom is -0.236 e. The van der Waals surface area contributed by atoms with Crippen molar-refractivity contribution in [1.82, 2.24) is 4.98 Å². The number of aromatic nitrogens is 1. The molecule has 1 aromatic heterocycles. The standard InChI is InChI=1S/C26H22F3NS/c1-18-4-15-23-24(17-18)31-25(30-23)22-13-11-21(12-14-22)10-9-20-7-5-19(6-8-20)3-2-16-26(27,28)29/h4-15,17H,2-3,16H2,1H3/b10-9+. The zero-order chi connectivity index (χ0) is 21.8. The van der Waals surface area contributed by atoms with Gasteiger partial charge in [-0.05, 0) is 54.2 Å². The zero-order valence-corrected chi connectivity index (χ0v) is 17.9. The average Bonchev–Trinajstić information content (AvgIpc) is 3.16. The maximum absolute atomic E-state index is 12.3. The maximum Gasteiger partial charge on any atom is 0.389 e. The highest BCUT2D eigenvalue weighted by molar-refractivity contribution is 7.21. The summed E-state index contributed by atoms with van der Waals surface area (Å²) in [7, 11) is 0. The first kappa shape index (κ1) is 21.3. The van der Waals surface area contributed by atoms with Crippen molar-refractivity contribution in [3.8, 4) is 10.6 Å². The van der Waals surface area contributed by atoms with Crippen LogP contribution in [0.3, 0.4) is 0 Å². The van der Waals surface area contributed by atoms with Gasteiger partial charge in [-0.15, -0.1) is 11.3 Å². The molecule has 31 heavy (non-hydrogen) atoms. The van der Waals surface area contributed by atoms with Gasteiger partial charge in [0, 0.05) is 12.0 Å². The summed E-state index contributed by atoms with van der Waals surface area (Å²) in [6, 6.07) is 22.3. The first-order valence-electron chi connectivity index (χ1n) is 10.2. The Bertz CT molecular complexity index is 1190. The number of halogens is 3. The lowest BCUT2D eigenvalue weighted by molar-refractivity contribution is -0.135. The van der Waals surface area contributed by atoms with E-state index >= 15 is 0 Å². The second-order valence-electron chi connectivity index (χ2n) is 7.66. The number of benzene rings is 3. The van der Waals surface area contributed by atoms with Gasteiger partial charge in [0.05, 0.1) is 10.2 Å². The van der Waals surface area contributed by atoms with E-state index in [4.69, 9.17) is 4.98 Å². The Kier molecular flexibility index (Phi) is 6.23. The number of fused-ring (bicyclic) bond motifs is 1. The van der Waals surface area contributed by atoms with Crippen LogP contribution in [0, 0.1) is 6.92 Å². The Morgan fingerprint density at radius 3 is 2.16 bits per heavy atom. The van der Waals surface area contributed by atoms with E-state index in [1.54, 1.807) is 11.3 Å². The van der Waals surface area contributed by atoms with Crippen LogP contribution < -0.4 is 0 Å². The highest BCUT2D eigenvalue weighted by atomic mass is 32.1. The van der Waals surface area contributed by atoms with E-state index in [1.807, 2.05) is 36.4 Å². The van der Waals surface area contributed by atoms with Crippen LogP contribution in [-0.4, -0.2) is 11.2 Å². The Morgan fingerprint density at radius 2 is 1.52 bits per heavy atom. The summed E-state index contributed by atoms with van der Waals surface area (Å²) in [4.78, 5) is 4.73. The Labute approximate surface area is 183 Å². The molecule has 4 aromatic rings. The second kappa shape index (κ2) is 9.06. The van der Waals surface area contributed by atoms with Crippen LogP contribution in [0.2, 0.25) is 0 Å². The van der Waals surface area contributed by atoms with E-state index in [1.165, 1.54) is 10.3 Å². The number of hydrogen-bond donors (Lipinski definition) is 0. The van der Waals surface area contributed by atoms with Gasteiger partial charge in [0.25, 0.3) is 0 Å². The van der Waals surface area contributed by atoms with Gasteiger partial charge >= 0.3 is 6.18 Å². The number of thiazole rings is 1. The van der Waals surface area contributed by atoms with Crippen molar-refractivity contribution < 1.29 is 13.2 Å². The lowest BCUT2D eigenvalue weighted by atomic mass is 10.0. The van der Waals surface area contributed by atoms with E-state index in [2.05, 4.69) is 49.4 Å². The predicted octanol–water partition coefficient (Wildman–Crippen LogP) is 8.33. The van der Waals surface area contributed by atoms with Crippen molar-refractivity contribution in [2.75, 3.05) is 0 Å². The quantitative estimate of drug-likeness (QED) is 0.276. The molecule has 0 atom stereocenters. The molecule has 1 heterocycles. The number of rotatable bonds is 6. The molecule has 0 fully saturated rings. The lowest BCUT2D eigenvalue weighted by Gasteiger charge is -2.06. The number of alkyl halides is 3. The smallest absolute Gasteiger partial charge is 0.236 e. The van der Waals surface area contributed by atoms with Crippen LogP contribution in [0.1, 0.15) is 35.1 Å². The fourth-order valence-corrected chi connectivity index (χ4v) is 4.44. The second-order valence-corrected chi connectivity index (χ2v) is 8.69. The van der Waals surface area contributed by atoms with E-state index in [0.29, 0.717) is 6.42 Å². The third-order valence-corrected chi connectivity index (χ3v) is 6.14. The van der Waals surface area contributed by atoms with Crippen LogP contribution in [-0.2, 0) is 6.42 Å². The summed E-state index contributed by atoms with van der Waals surface area (Å²) in [6.07, 6.45) is -0.208. The highest BCUT2D eigenvalue weighted by Crippen LogP contribution is 2.31. The minimum atomic E-state index is -4.08. The molecule has 4 rings (SSSR count). The van der Waals surface area contributed by atoms with E-state index < -0.39 is 12.6 Å². The van der Waals surface area contributed by atoms with E-state index in [0.717, 1.165) is 32.8 Å². The summed E-state index contributed by atoms with van der Waals surface area (Å²) in [5.41, 5.74) is 6.38. The largest absolute Gasteiger partial charge is 0.389 e. The number of nitrogens with zero attached hydrogens (tertiary/aromatic N) is 1. The normalized spacial score (nSPS) is 12.1. The van der Waals surface area contributed by atoms with E-state index in [9.17, 15) is 13.2 Å². The first-order chi connectivity index (χ1) is 14.9. The Morgan fingerprint density at radius 1 is 0.871 bits per heavy atom. The van der Waals surface area contributed by atoms with Crippen LogP contribution >= 0.6 is 11.3 Å². The Hall–Kier alpha value is -2.92. The molecule has 0 radical (unpaired) electrons. The molecule has 0 aliphatic carbocycles. The Balaban J connectivity index is 1.39. The fraction of sp³-hybridized carbons (Fsp3) is 0.192. The molecule has 0 unspecified atom stereocenters. The molecule has 5 heteroatoms. The van der Waals surface area contributed by atoms with Crippen LogP contribution in [0.4, 0.5) is 13.2 Å². The minimum absolute atomic E-state index is 0.124. The molecule has 0 spiro atoms. The third kappa shape index (κ3) is 5.82. The van der Waals surface area contributed by atoms with Crippen molar-refractivity contribution in [3.05, 3.63) is 89.0 Å². The molecule has 3 aromatic carbocycles. The molecule has 0 amide bonds. The molecule has 0 N–H and O–H groups in total. The number of aryl methyl sites for hydroxylation is 2. The molecular weight excluding hydrogens is 415 g/mol. The molecule has 1 nitrogen and oxygen atoms in total. The molecule has 0 aliphatic heterocycles.